The number of anilines is 1. The fourth-order valence-corrected chi connectivity index (χ4v) is 3.76. The molecule has 1 saturated carbocycles. The Hall–Kier alpha value is -1.81. The van der Waals surface area contributed by atoms with Gasteiger partial charge in [0.1, 0.15) is 0 Å². The zero-order chi connectivity index (χ0) is 15.8. The minimum Gasteiger partial charge on any atom is -0.369 e. The first-order chi connectivity index (χ1) is 11.2. The summed E-state index contributed by atoms with van der Waals surface area (Å²) in [6.07, 6.45) is 8.16. The average Bonchev–Trinajstić information content (AvgIpc) is 2.91. The van der Waals surface area contributed by atoms with Crippen LogP contribution in [0.5, 0.6) is 0 Å². The summed E-state index contributed by atoms with van der Waals surface area (Å²) in [4.78, 5) is 2.50. The first-order valence-electron chi connectivity index (χ1n) is 8.88. The third-order valence-electron chi connectivity index (χ3n) is 5.40. The Balaban J connectivity index is 1.72. The molecule has 2 fully saturated rings. The second-order valence-electron chi connectivity index (χ2n) is 7.12. The summed E-state index contributed by atoms with van der Waals surface area (Å²) >= 11 is 0. The van der Waals surface area contributed by atoms with Crippen molar-refractivity contribution in [2.45, 2.75) is 51.0 Å². The molecule has 4 nitrogen and oxygen atoms in total. The van der Waals surface area contributed by atoms with Crippen molar-refractivity contribution >= 4 is 5.69 Å². The van der Waals surface area contributed by atoms with E-state index in [1.165, 1.54) is 41.9 Å². The van der Waals surface area contributed by atoms with Gasteiger partial charge in [0.15, 0.2) is 0 Å². The first kappa shape index (κ1) is 14.8. The Kier molecular flexibility index (Phi) is 3.85. The van der Waals surface area contributed by atoms with Gasteiger partial charge in [-0.15, -0.1) is 0 Å². The van der Waals surface area contributed by atoms with E-state index >= 15 is 0 Å². The fraction of sp³-hybridized carbons (Fsp3) is 0.526. The van der Waals surface area contributed by atoms with E-state index in [4.69, 9.17) is 10.8 Å². The molecule has 0 spiro atoms. The van der Waals surface area contributed by atoms with Gasteiger partial charge in [-0.3, -0.25) is 0 Å². The molecule has 1 aromatic carbocycles. The molecule has 0 radical (unpaired) electrons. The summed E-state index contributed by atoms with van der Waals surface area (Å²) in [5.74, 6) is 0.656. The predicted octanol–water partition coefficient (Wildman–Crippen LogP) is 3.38. The van der Waals surface area contributed by atoms with E-state index in [1.54, 1.807) is 0 Å². The lowest BCUT2D eigenvalue weighted by molar-refractivity contribution is 0.401. The molecule has 0 amide bonds. The number of nitrogens with zero attached hydrogens (tertiary/aromatic N) is 3. The van der Waals surface area contributed by atoms with Gasteiger partial charge in [0.25, 0.3) is 0 Å². The molecule has 2 N–H and O–H groups in total. The summed E-state index contributed by atoms with van der Waals surface area (Å²) in [6, 6.07) is 9.02. The number of hydrogen-bond acceptors (Lipinski definition) is 3. The van der Waals surface area contributed by atoms with E-state index in [0.717, 1.165) is 25.9 Å². The Morgan fingerprint density at radius 3 is 2.57 bits per heavy atom. The van der Waals surface area contributed by atoms with Crippen molar-refractivity contribution in [2.75, 3.05) is 18.0 Å². The third kappa shape index (κ3) is 2.76. The third-order valence-corrected chi connectivity index (χ3v) is 5.40. The molecular formula is C19H26N4. The van der Waals surface area contributed by atoms with Gasteiger partial charge in [0.2, 0.25) is 0 Å². The first-order valence-corrected chi connectivity index (χ1v) is 8.88. The zero-order valence-corrected chi connectivity index (χ0v) is 13.9. The molecule has 2 aliphatic rings. The Morgan fingerprint density at radius 2 is 1.91 bits per heavy atom. The van der Waals surface area contributed by atoms with Crippen LogP contribution in [-0.4, -0.2) is 28.9 Å². The van der Waals surface area contributed by atoms with Crippen molar-refractivity contribution in [1.29, 1.82) is 0 Å². The van der Waals surface area contributed by atoms with Gasteiger partial charge in [0, 0.05) is 25.0 Å². The molecule has 1 saturated heterocycles. The molecule has 1 aromatic heterocycles. The quantitative estimate of drug-likeness (QED) is 0.945. The topological polar surface area (TPSA) is 47.1 Å². The van der Waals surface area contributed by atoms with Crippen LogP contribution in [0.25, 0.3) is 5.69 Å². The molecule has 4 heteroatoms. The maximum Gasteiger partial charge on any atom is 0.0792 e. The maximum atomic E-state index is 6.08. The highest BCUT2D eigenvalue weighted by molar-refractivity contribution is 5.55. The Morgan fingerprint density at radius 1 is 1.13 bits per heavy atom. The molecule has 4 rings (SSSR count). The molecule has 23 heavy (non-hydrogen) atoms. The standard InChI is InChI=1S/C19H26N4/c1-14-4-2-7-17(12-14)23-19(15-5-3-6-15)18(13-21-23)22-10-8-16(20)9-11-22/h2,4,7,12-13,15-16H,3,5-6,8-11,20H2,1H3. The number of rotatable bonds is 3. The summed E-state index contributed by atoms with van der Waals surface area (Å²) in [7, 11) is 0. The second kappa shape index (κ2) is 6.00. The largest absolute Gasteiger partial charge is 0.369 e. The average molecular weight is 310 g/mol. The molecule has 2 aromatic rings. The van der Waals surface area contributed by atoms with Crippen LogP contribution < -0.4 is 10.6 Å². The highest BCUT2D eigenvalue weighted by Crippen LogP contribution is 2.42. The highest BCUT2D eigenvalue weighted by Gasteiger charge is 2.30. The van der Waals surface area contributed by atoms with Crippen molar-refractivity contribution in [3.05, 3.63) is 41.7 Å². The number of aromatic nitrogens is 2. The predicted molar refractivity (Wildman–Crippen MR) is 94.3 cm³/mol. The van der Waals surface area contributed by atoms with E-state index in [2.05, 4.69) is 47.0 Å². The van der Waals surface area contributed by atoms with Crippen molar-refractivity contribution in [3.63, 3.8) is 0 Å². The normalized spacial score (nSPS) is 19.8. The lowest BCUT2D eigenvalue weighted by Crippen LogP contribution is -2.40. The van der Waals surface area contributed by atoms with E-state index in [9.17, 15) is 0 Å². The van der Waals surface area contributed by atoms with E-state index in [1.807, 2.05) is 0 Å². The van der Waals surface area contributed by atoms with Crippen LogP contribution in [-0.2, 0) is 0 Å². The molecule has 122 valence electrons. The molecular weight excluding hydrogens is 284 g/mol. The summed E-state index contributed by atoms with van der Waals surface area (Å²) in [5, 5.41) is 4.77. The second-order valence-corrected chi connectivity index (χ2v) is 7.12. The van der Waals surface area contributed by atoms with Crippen LogP contribution in [0.15, 0.2) is 30.5 Å². The lowest BCUT2D eigenvalue weighted by Gasteiger charge is -2.35. The van der Waals surface area contributed by atoms with E-state index in [-0.39, 0.29) is 0 Å². The molecule has 0 bridgehead atoms. The van der Waals surface area contributed by atoms with Crippen molar-refractivity contribution < 1.29 is 0 Å². The molecule has 0 atom stereocenters. The fourth-order valence-electron chi connectivity index (χ4n) is 3.76. The van der Waals surface area contributed by atoms with Crippen molar-refractivity contribution in [1.82, 2.24) is 9.78 Å². The van der Waals surface area contributed by atoms with Gasteiger partial charge in [0.05, 0.1) is 23.3 Å². The zero-order valence-electron chi connectivity index (χ0n) is 13.9. The minimum atomic E-state index is 0.366. The number of hydrogen-bond donors (Lipinski definition) is 1. The van der Waals surface area contributed by atoms with Gasteiger partial charge >= 0.3 is 0 Å². The van der Waals surface area contributed by atoms with Crippen LogP contribution in [0.2, 0.25) is 0 Å². The summed E-state index contributed by atoms with van der Waals surface area (Å²) in [5.41, 5.74) is 11.3. The summed E-state index contributed by atoms with van der Waals surface area (Å²) < 4.78 is 2.18. The van der Waals surface area contributed by atoms with Crippen LogP contribution in [0.1, 0.15) is 49.3 Å². The van der Waals surface area contributed by atoms with E-state index in [0.29, 0.717) is 12.0 Å². The monoisotopic (exact) mass is 310 g/mol. The molecule has 0 unspecified atom stereocenters. The van der Waals surface area contributed by atoms with Gasteiger partial charge in [-0.2, -0.15) is 5.10 Å². The van der Waals surface area contributed by atoms with Crippen molar-refractivity contribution in [2.24, 2.45) is 5.73 Å². The highest BCUT2D eigenvalue weighted by atomic mass is 15.3. The molecule has 1 aliphatic heterocycles. The molecule has 1 aliphatic carbocycles. The number of piperidine rings is 1. The van der Waals surface area contributed by atoms with Crippen LogP contribution in [0.3, 0.4) is 0 Å². The van der Waals surface area contributed by atoms with Gasteiger partial charge in [-0.25, -0.2) is 4.68 Å². The lowest BCUT2D eigenvalue weighted by atomic mass is 9.82. The minimum absolute atomic E-state index is 0.366. The van der Waals surface area contributed by atoms with Crippen molar-refractivity contribution in [3.8, 4) is 5.69 Å². The van der Waals surface area contributed by atoms with Gasteiger partial charge < -0.3 is 10.6 Å². The maximum absolute atomic E-state index is 6.08. The van der Waals surface area contributed by atoms with Crippen LogP contribution >= 0.6 is 0 Å². The Labute approximate surface area is 138 Å². The van der Waals surface area contributed by atoms with Crippen LogP contribution in [0, 0.1) is 6.92 Å². The molecule has 2 heterocycles. The Bertz CT molecular complexity index is 678. The number of nitrogens with two attached hydrogens (primary N) is 1. The van der Waals surface area contributed by atoms with Crippen LogP contribution in [0.4, 0.5) is 5.69 Å². The van der Waals surface area contributed by atoms with Gasteiger partial charge in [-0.1, -0.05) is 18.6 Å². The van der Waals surface area contributed by atoms with Gasteiger partial charge in [-0.05, 0) is 50.3 Å². The number of benzene rings is 1. The SMILES string of the molecule is Cc1cccc(-n2ncc(N3CCC(N)CC3)c2C2CCC2)c1. The smallest absolute Gasteiger partial charge is 0.0792 e. The number of aryl methyl sites for hydroxylation is 1. The van der Waals surface area contributed by atoms with E-state index < -0.39 is 0 Å². The summed E-state index contributed by atoms with van der Waals surface area (Å²) in [6.45, 7) is 4.25.